The fourth-order valence-electron chi connectivity index (χ4n) is 3.65. The number of hydrogen-bond donors (Lipinski definition) is 1. The van der Waals surface area contributed by atoms with Gasteiger partial charge in [-0.15, -0.1) is 0 Å². The molecule has 13 heteroatoms. The van der Waals surface area contributed by atoms with Crippen molar-refractivity contribution in [3.05, 3.63) is 46.9 Å². The maximum Gasteiger partial charge on any atom is 0.265 e. The second kappa shape index (κ2) is 10.4. The molecule has 0 aliphatic carbocycles. The molecular weight excluding hydrogens is 485 g/mol. The lowest BCUT2D eigenvalue weighted by atomic mass is 10.1. The fourth-order valence-corrected chi connectivity index (χ4v) is 4.54. The summed E-state index contributed by atoms with van der Waals surface area (Å²) in [5.41, 5.74) is -1.07. The number of halogens is 1. The molecule has 3 amide bonds. The second-order valence-electron chi connectivity index (χ2n) is 7.59. The number of carbonyl (C=O) groups excluding carboxylic acids is 3. The molecule has 1 aromatic heterocycles. The fraction of sp³-hybridized carbons (Fsp3) is 0.364. The van der Waals surface area contributed by atoms with Gasteiger partial charge in [0.05, 0.1) is 48.0 Å². The van der Waals surface area contributed by atoms with Crippen molar-refractivity contribution >= 4 is 33.2 Å². The highest BCUT2D eigenvalue weighted by Crippen LogP contribution is 2.38. The molecule has 35 heavy (non-hydrogen) atoms. The topological polar surface area (TPSA) is 141 Å². The summed E-state index contributed by atoms with van der Waals surface area (Å²) in [6.45, 7) is 1.57. The molecule has 2 heterocycles. The Balaban J connectivity index is 2.14. The minimum Gasteiger partial charge on any atom is -0.491 e. The minimum absolute atomic E-state index is 0.0135. The van der Waals surface area contributed by atoms with Gasteiger partial charge in [0.15, 0.2) is 5.75 Å². The molecule has 0 bridgehead atoms. The normalized spacial score (nSPS) is 14.0. The first-order valence-corrected chi connectivity index (χ1v) is 12.4. The van der Waals surface area contributed by atoms with Gasteiger partial charge in [0.1, 0.15) is 22.3 Å². The van der Waals surface area contributed by atoms with E-state index in [0.29, 0.717) is 4.90 Å². The SMILES string of the molecule is CCOc1nc([C@H](CS(C)(=O)=O)N2C(=O)c3c(F)ccc(NC(=O)COC)c3C2=O)ccc1OC. The van der Waals surface area contributed by atoms with Gasteiger partial charge < -0.3 is 19.5 Å². The van der Waals surface area contributed by atoms with Gasteiger partial charge in [-0.3, -0.25) is 19.3 Å². The molecule has 1 aliphatic rings. The van der Waals surface area contributed by atoms with Crippen LogP contribution in [0, 0.1) is 5.82 Å². The smallest absolute Gasteiger partial charge is 0.265 e. The predicted molar refractivity (Wildman–Crippen MR) is 122 cm³/mol. The summed E-state index contributed by atoms with van der Waals surface area (Å²) in [5.74, 6) is -4.08. The molecule has 1 atom stereocenters. The van der Waals surface area contributed by atoms with Crippen molar-refractivity contribution in [1.82, 2.24) is 9.88 Å². The number of hydrogen-bond acceptors (Lipinski definition) is 9. The highest BCUT2D eigenvalue weighted by molar-refractivity contribution is 7.90. The van der Waals surface area contributed by atoms with Crippen LogP contribution in [0.25, 0.3) is 0 Å². The first-order chi connectivity index (χ1) is 16.5. The van der Waals surface area contributed by atoms with Gasteiger partial charge >= 0.3 is 0 Å². The number of rotatable bonds is 10. The van der Waals surface area contributed by atoms with Gasteiger partial charge in [-0.25, -0.2) is 17.8 Å². The zero-order valence-corrected chi connectivity index (χ0v) is 20.3. The van der Waals surface area contributed by atoms with Crippen LogP contribution < -0.4 is 14.8 Å². The highest BCUT2D eigenvalue weighted by atomic mass is 32.2. The van der Waals surface area contributed by atoms with Gasteiger partial charge in [-0.2, -0.15) is 0 Å². The molecule has 0 fully saturated rings. The van der Waals surface area contributed by atoms with E-state index in [9.17, 15) is 27.2 Å². The third-order valence-electron chi connectivity index (χ3n) is 5.03. The molecule has 188 valence electrons. The van der Waals surface area contributed by atoms with E-state index in [0.717, 1.165) is 18.4 Å². The third kappa shape index (κ3) is 5.41. The Morgan fingerprint density at radius 3 is 2.43 bits per heavy atom. The number of carbonyl (C=O) groups is 3. The van der Waals surface area contributed by atoms with Crippen LogP contribution in [-0.2, 0) is 19.4 Å². The summed E-state index contributed by atoms with van der Waals surface area (Å²) in [7, 11) is -1.09. The van der Waals surface area contributed by atoms with Crippen LogP contribution in [0.2, 0.25) is 0 Å². The highest BCUT2D eigenvalue weighted by Gasteiger charge is 2.45. The Labute approximate surface area is 201 Å². The predicted octanol–water partition coefficient (Wildman–Crippen LogP) is 1.59. The lowest BCUT2D eigenvalue weighted by Crippen LogP contribution is -2.38. The summed E-state index contributed by atoms with van der Waals surface area (Å²) in [6, 6.07) is 3.50. The van der Waals surface area contributed by atoms with Gasteiger partial charge in [0, 0.05) is 13.4 Å². The van der Waals surface area contributed by atoms with E-state index in [1.807, 2.05) is 0 Å². The molecule has 0 saturated heterocycles. The number of sulfone groups is 1. The largest absolute Gasteiger partial charge is 0.491 e. The van der Waals surface area contributed by atoms with Crippen LogP contribution in [0.1, 0.15) is 39.4 Å². The Hall–Kier alpha value is -3.58. The van der Waals surface area contributed by atoms with Crippen molar-refractivity contribution in [2.24, 2.45) is 0 Å². The number of imide groups is 1. The van der Waals surface area contributed by atoms with Crippen LogP contribution in [0.3, 0.4) is 0 Å². The van der Waals surface area contributed by atoms with Crippen LogP contribution in [0.4, 0.5) is 10.1 Å². The summed E-state index contributed by atoms with van der Waals surface area (Å²) >= 11 is 0. The molecule has 1 aromatic carbocycles. The monoisotopic (exact) mass is 509 g/mol. The number of ether oxygens (including phenoxy) is 3. The van der Waals surface area contributed by atoms with Crippen molar-refractivity contribution in [1.29, 1.82) is 0 Å². The van der Waals surface area contributed by atoms with E-state index in [-0.39, 0.29) is 36.2 Å². The third-order valence-corrected chi connectivity index (χ3v) is 5.95. The summed E-state index contributed by atoms with van der Waals surface area (Å²) in [6.07, 6.45) is 0.933. The summed E-state index contributed by atoms with van der Waals surface area (Å²) in [4.78, 5) is 43.6. The van der Waals surface area contributed by atoms with Gasteiger partial charge in [0.25, 0.3) is 17.7 Å². The number of pyridine rings is 1. The zero-order chi connectivity index (χ0) is 25.9. The molecule has 11 nitrogen and oxygen atoms in total. The summed E-state index contributed by atoms with van der Waals surface area (Å²) in [5, 5.41) is 2.41. The lowest BCUT2D eigenvalue weighted by Gasteiger charge is -2.26. The van der Waals surface area contributed by atoms with Crippen LogP contribution >= 0.6 is 0 Å². The molecule has 1 aliphatic heterocycles. The quantitative estimate of drug-likeness (QED) is 0.473. The summed E-state index contributed by atoms with van der Waals surface area (Å²) < 4.78 is 54.6. The minimum atomic E-state index is -3.77. The molecule has 3 rings (SSSR count). The molecule has 2 aromatic rings. The average molecular weight is 510 g/mol. The Bertz CT molecular complexity index is 1280. The first-order valence-electron chi connectivity index (χ1n) is 10.4. The van der Waals surface area contributed by atoms with Crippen molar-refractivity contribution in [3.63, 3.8) is 0 Å². The number of nitrogens with zero attached hydrogens (tertiary/aromatic N) is 2. The Morgan fingerprint density at radius 1 is 1.14 bits per heavy atom. The molecule has 0 spiro atoms. The van der Waals surface area contributed by atoms with Crippen molar-refractivity contribution in [2.45, 2.75) is 13.0 Å². The average Bonchev–Trinajstić information content (AvgIpc) is 3.05. The number of benzene rings is 1. The lowest BCUT2D eigenvalue weighted by molar-refractivity contribution is -0.119. The zero-order valence-electron chi connectivity index (χ0n) is 19.5. The molecular formula is C22H24FN3O8S. The maximum atomic E-state index is 14.7. The maximum absolute atomic E-state index is 14.7. The van der Waals surface area contributed by atoms with Crippen LogP contribution in [-0.4, -0.2) is 75.5 Å². The molecule has 0 unspecified atom stereocenters. The molecule has 1 N–H and O–H groups in total. The van der Waals surface area contributed by atoms with E-state index in [4.69, 9.17) is 14.2 Å². The van der Waals surface area contributed by atoms with Crippen LogP contribution in [0.5, 0.6) is 11.6 Å². The first kappa shape index (κ1) is 26.0. The standard InChI is InChI=1S/C22H24FN3O8S/c1-5-34-20-16(33-3)9-8-13(25-20)15(11-35(4,30)31)26-21(28)18-12(23)6-7-14(19(18)22(26)29)24-17(27)10-32-2/h6-9,15H,5,10-11H2,1-4H3,(H,24,27)/t15-/m0/s1. The van der Waals surface area contributed by atoms with Crippen molar-refractivity contribution < 1.29 is 41.4 Å². The second-order valence-corrected chi connectivity index (χ2v) is 9.78. The van der Waals surface area contributed by atoms with Crippen molar-refractivity contribution in [2.75, 3.05) is 44.8 Å². The van der Waals surface area contributed by atoms with E-state index < -0.39 is 56.3 Å². The number of nitrogens with one attached hydrogen (secondary N) is 1. The Kier molecular flexibility index (Phi) is 7.70. The molecule has 0 saturated carbocycles. The number of aromatic nitrogens is 1. The Morgan fingerprint density at radius 2 is 1.83 bits per heavy atom. The number of methoxy groups -OCH3 is 2. The molecule has 0 radical (unpaired) electrons. The van der Waals surface area contributed by atoms with Crippen LogP contribution in [0.15, 0.2) is 24.3 Å². The number of amides is 3. The van der Waals surface area contributed by atoms with E-state index in [2.05, 4.69) is 10.3 Å². The van der Waals surface area contributed by atoms with Gasteiger partial charge in [-0.05, 0) is 31.2 Å². The van der Waals surface area contributed by atoms with E-state index >= 15 is 0 Å². The van der Waals surface area contributed by atoms with E-state index in [1.54, 1.807) is 6.92 Å². The van der Waals surface area contributed by atoms with Gasteiger partial charge in [0.2, 0.25) is 5.91 Å². The number of anilines is 1. The van der Waals surface area contributed by atoms with Crippen molar-refractivity contribution in [3.8, 4) is 11.6 Å². The van der Waals surface area contributed by atoms with E-state index in [1.165, 1.54) is 26.4 Å². The van der Waals surface area contributed by atoms with Gasteiger partial charge in [-0.1, -0.05) is 0 Å². The number of fused-ring (bicyclic) bond motifs is 1.